The maximum Gasteiger partial charge on any atom is 0.410 e. The van der Waals surface area contributed by atoms with Gasteiger partial charge in [0.25, 0.3) is 0 Å². The summed E-state index contributed by atoms with van der Waals surface area (Å²) in [6.45, 7) is 4.89. The van der Waals surface area contributed by atoms with E-state index < -0.39 is 28.3 Å². The van der Waals surface area contributed by atoms with Crippen molar-refractivity contribution in [2.75, 3.05) is 46.3 Å². The van der Waals surface area contributed by atoms with Crippen LogP contribution in [0.4, 0.5) is 13.6 Å². The highest BCUT2D eigenvalue weighted by Crippen LogP contribution is 2.31. The van der Waals surface area contributed by atoms with Crippen LogP contribution in [0.5, 0.6) is 5.88 Å². The number of hydrogen-bond acceptors (Lipinski definition) is 7. The lowest BCUT2D eigenvalue weighted by Gasteiger charge is -2.35. The zero-order chi connectivity index (χ0) is 25.1. The molecule has 9 nitrogen and oxygen atoms in total. The molecule has 188 valence electrons. The fraction of sp³-hybridized carbons (Fsp3) is 0.545. The summed E-state index contributed by atoms with van der Waals surface area (Å²) < 4.78 is 63.3. The lowest BCUT2D eigenvalue weighted by atomic mass is 10.2. The molecule has 1 amide bonds. The second-order valence-corrected chi connectivity index (χ2v) is 10.9. The monoisotopic (exact) mass is 500 g/mol. The Hall–Kier alpha value is -2.57. The molecule has 3 rings (SSSR count). The first-order chi connectivity index (χ1) is 15.9. The zero-order valence-corrected chi connectivity index (χ0v) is 20.5. The summed E-state index contributed by atoms with van der Waals surface area (Å²) in [5.41, 5.74) is -0.574. The van der Waals surface area contributed by atoms with Gasteiger partial charge in [-0.25, -0.2) is 18.2 Å². The standard InChI is InChI=1S/C22H30F2N4O5S/c1-22(2,3)33-21(29)26(4)10-11-27-12-14-28(15-13-27)34(30,31)18-7-5-6-17-16(18)8-9-25-19(17)32-20(23)24/h5-9,20H,10-15H2,1-4H3. The van der Waals surface area contributed by atoms with Crippen molar-refractivity contribution in [2.24, 2.45) is 0 Å². The quantitative estimate of drug-likeness (QED) is 0.577. The van der Waals surface area contributed by atoms with Crippen molar-refractivity contribution in [2.45, 2.75) is 37.9 Å². The van der Waals surface area contributed by atoms with E-state index in [4.69, 9.17) is 4.74 Å². The number of fused-ring (bicyclic) bond motifs is 1. The number of ether oxygens (including phenoxy) is 2. The van der Waals surface area contributed by atoms with Crippen molar-refractivity contribution >= 4 is 26.9 Å². The highest BCUT2D eigenvalue weighted by molar-refractivity contribution is 7.89. The predicted octanol–water partition coefficient (Wildman–Crippen LogP) is 3.01. The molecule has 0 saturated carbocycles. The van der Waals surface area contributed by atoms with Crippen LogP contribution >= 0.6 is 0 Å². The molecule has 1 saturated heterocycles. The number of nitrogens with zero attached hydrogens (tertiary/aromatic N) is 4. The van der Waals surface area contributed by atoms with Gasteiger partial charge in [-0.05, 0) is 39.0 Å². The Morgan fingerprint density at radius 3 is 2.44 bits per heavy atom. The molecule has 0 bridgehead atoms. The topological polar surface area (TPSA) is 92.3 Å². The minimum Gasteiger partial charge on any atom is -0.444 e. The van der Waals surface area contributed by atoms with Gasteiger partial charge in [0.15, 0.2) is 0 Å². The van der Waals surface area contributed by atoms with E-state index in [-0.39, 0.29) is 34.6 Å². The van der Waals surface area contributed by atoms with Crippen molar-refractivity contribution in [3.05, 3.63) is 30.5 Å². The summed E-state index contributed by atoms with van der Waals surface area (Å²) in [4.78, 5) is 19.5. The average Bonchev–Trinajstić information content (AvgIpc) is 2.76. The maximum atomic E-state index is 13.4. The molecule has 0 unspecified atom stereocenters. The molecule has 1 aliphatic rings. The highest BCUT2D eigenvalue weighted by Gasteiger charge is 2.30. The summed E-state index contributed by atoms with van der Waals surface area (Å²) in [7, 11) is -2.21. The van der Waals surface area contributed by atoms with Crippen LogP contribution in [0.25, 0.3) is 10.8 Å². The molecule has 12 heteroatoms. The second-order valence-electron chi connectivity index (χ2n) is 8.99. The van der Waals surface area contributed by atoms with Gasteiger partial charge < -0.3 is 14.4 Å². The first-order valence-electron chi connectivity index (χ1n) is 10.9. The Labute approximate surface area is 198 Å². The van der Waals surface area contributed by atoms with E-state index in [0.29, 0.717) is 26.2 Å². The van der Waals surface area contributed by atoms with Crippen molar-refractivity contribution < 1.29 is 31.5 Å². The summed E-state index contributed by atoms with van der Waals surface area (Å²) in [6.07, 6.45) is 0.840. The highest BCUT2D eigenvalue weighted by atomic mass is 32.2. The Morgan fingerprint density at radius 1 is 1.15 bits per heavy atom. The molecule has 0 atom stereocenters. The molecule has 1 aromatic carbocycles. The maximum absolute atomic E-state index is 13.4. The van der Waals surface area contributed by atoms with Crippen molar-refractivity contribution in [3.63, 3.8) is 0 Å². The molecule has 1 fully saturated rings. The average molecular weight is 501 g/mol. The summed E-state index contributed by atoms with van der Waals surface area (Å²) in [6, 6.07) is 5.91. The van der Waals surface area contributed by atoms with Crippen LogP contribution in [0.1, 0.15) is 20.8 Å². The van der Waals surface area contributed by atoms with E-state index in [9.17, 15) is 22.0 Å². The number of alkyl halides is 2. The smallest absolute Gasteiger partial charge is 0.410 e. The van der Waals surface area contributed by atoms with Crippen LogP contribution in [0.3, 0.4) is 0 Å². The fourth-order valence-corrected chi connectivity index (χ4v) is 5.24. The third-order valence-corrected chi connectivity index (χ3v) is 7.29. The number of sulfonamides is 1. The summed E-state index contributed by atoms with van der Waals surface area (Å²) >= 11 is 0. The fourth-order valence-electron chi connectivity index (χ4n) is 3.61. The van der Waals surface area contributed by atoms with Crippen LogP contribution in [-0.2, 0) is 14.8 Å². The molecule has 1 aromatic heterocycles. The van der Waals surface area contributed by atoms with Gasteiger partial charge in [-0.3, -0.25) is 4.90 Å². The molecular formula is C22H30F2N4O5S. The van der Waals surface area contributed by atoms with Gasteiger partial charge in [0, 0.05) is 63.3 Å². The number of pyridine rings is 1. The van der Waals surface area contributed by atoms with Crippen molar-refractivity contribution in [1.82, 2.24) is 19.1 Å². The van der Waals surface area contributed by atoms with Crippen LogP contribution < -0.4 is 4.74 Å². The molecule has 0 aliphatic carbocycles. The number of aromatic nitrogens is 1. The molecule has 0 spiro atoms. The number of carbonyl (C=O) groups is 1. The van der Waals surface area contributed by atoms with Crippen molar-refractivity contribution in [1.29, 1.82) is 0 Å². The number of rotatable bonds is 7. The molecule has 34 heavy (non-hydrogen) atoms. The molecule has 0 N–H and O–H groups in total. The Kier molecular flexibility index (Phi) is 7.94. The Bertz CT molecular complexity index is 1120. The Balaban J connectivity index is 1.65. The first kappa shape index (κ1) is 26.0. The SMILES string of the molecule is CN(CCN1CCN(S(=O)(=O)c2cccc3c(OC(F)F)nccc23)CC1)C(=O)OC(C)(C)C. The summed E-state index contributed by atoms with van der Waals surface area (Å²) in [5.74, 6) is -0.316. The van der Waals surface area contributed by atoms with E-state index in [1.165, 1.54) is 39.7 Å². The number of benzene rings is 1. The number of hydrogen-bond donors (Lipinski definition) is 0. The zero-order valence-electron chi connectivity index (χ0n) is 19.7. The first-order valence-corrected chi connectivity index (χ1v) is 12.3. The second kappa shape index (κ2) is 10.4. The minimum absolute atomic E-state index is 0.0182. The predicted molar refractivity (Wildman–Crippen MR) is 122 cm³/mol. The number of halogens is 2. The molecule has 2 heterocycles. The van der Waals surface area contributed by atoms with Gasteiger partial charge in [0.05, 0.1) is 4.90 Å². The van der Waals surface area contributed by atoms with Crippen LogP contribution in [0, 0.1) is 0 Å². The molecular weight excluding hydrogens is 470 g/mol. The van der Waals surface area contributed by atoms with Gasteiger partial charge >= 0.3 is 12.7 Å². The van der Waals surface area contributed by atoms with Gasteiger partial charge in [-0.1, -0.05) is 6.07 Å². The largest absolute Gasteiger partial charge is 0.444 e. The van der Waals surface area contributed by atoms with E-state index in [2.05, 4.69) is 14.6 Å². The van der Waals surface area contributed by atoms with Gasteiger partial charge in [0.1, 0.15) is 5.60 Å². The molecule has 2 aromatic rings. The third kappa shape index (κ3) is 6.30. The number of piperazine rings is 1. The van der Waals surface area contributed by atoms with E-state index in [0.717, 1.165) is 0 Å². The summed E-state index contributed by atoms with van der Waals surface area (Å²) in [5, 5.41) is 0.474. The van der Waals surface area contributed by atoms with E-state index in [1.54, 1.807) is 27.8 Å². The number of carbonyl (C=O) groups excluding carboxylic acids is 1. The van der Waals surface area contributed by atoms with Crippen molar-refractivity contribution in [3.8, 4) is 5.88 Å². The van der Waals surface area contributed by atoms with E-state index >= 15 is 0 Å². The number of likely N-dealkylation sites (N-methyl/N-ethyl adjacent to an activating group) is 1. The number of amides is 1. The van der Waals surface area contributed by atoms with Gasteiger partial charge in [-0.15, -0.1) is 0 Å². The minimum atomic E-state index is -3.87. The lowest BCUT2D eigenvalue weighted by molar-refractivity contribution is -0.0517. The molecule has 1 aliphatic heterocycles. The van der Waals surface area contributed by atoms with Crippen LogP contribution in [0.2, 0.25) is 0 Å². The lowest BCUT2D eigenvalue weighted by Crippen LogP contribution is -2.50. The van der Waals surface area contributed by atoms with E-state index in [1.807, 2.05) is 0 Å². The van der Waals surface area contributed by atoms with Gasteiger partial charge in [-0.2, -0.15) is 13.1 Å². The normalized spacial score (nSPS) is 16.1. The van der Waals surface area contributed by atoms with Crippen LogP contribution in [-0.4, -0.2) is 92.1 Å². The van der Waals surface area contributed by atoms with Crippen LogP contribution in [0.15, 0.2) is 35.4 Å². The Morgan fingerprint density at radius 2 is 1.82 bits per heavy atom. The third-order valence-electron chi connectivity index (χ3n) is 5.34. The van der Waals surface area contributed by atoms with Gasteiger partial charge in [0.2, 0.25) is 15.9 Å². The molecule has 0 radical (unpaired) electrons.